The fourth-order valence-electron chi connectivity index (χ4n) is 6.10. The van der Waals surface area contributed by atoms with E-state index < -0.39 is 47.5 Å². The van der Waals surface area contributed by atoms with E-state index in [1.807, 2.05) is 25.1 Å². The highest BCUT2D eigenvalue weighted by atomic mass is 32.2. The molecule has 3 amide bonds. The SMILES string of the molecule is CC(C)(C)[C@H](NC(O)N[C@H](CNCCN(CC1CC1)[S+]=O)C(C)(C)C)C(=O)N1CCC[C@H]1C(=O)NC(CCCC1CC1)C(=O)C(N)=O. The average molecular weight is 683 g/mol. The van der Waals surface area contributed by atoms with Crippen LogP contribution in [-0.4, -0.2) is 101 Å². The van der Waals surface area contributed by atoms with Gasteiger partial charge in [0.15, 0.2) is 6.35 Å². The zero-order valence-corrected chi connectivity index (χ0v) is 30.1. The third kappa shape index (κ3) is 13.0. The van der Waals surface area contributed by atoms with Crippen LogP contribution in [0.1, 0.15) is 99.3 Å². The summed E-state index contributed by atoms with van der Waals surface area (Å²) in [4.78, 5) is 53.3. The quantitative estimate of drug-likeness (QED) is 0.0338. The van der Waals surface area contributed by atoms with Crippen LogP contribution in [0.4, 0.5) is 0 Å². The zero-order chi connectivity index (χ0) is 34.9. The summed E-state index contributed by atoms with van der Waals surface area (Å²) in [5, 5.41) is 23.7. The van der Waals surface area contributed by atoms with E-state index in [4.69, 9.17) is 5.73 Å². The van der Waals surface area contributed by atoms with Crippen molar-refractivity contribution >= 4 is 35.4 Å². The fourth-order valence-corrected chi connectivity index (χ4v) is 6.53. The van der Waals surface area contributed by atoms with Crippen molar-refractivity contribution in [1.82, 2.24) is 30.5 Å². The summed E-state index contributed by atoms with van der Waals surface area (Å²) in [6.07, 6.45) is 6.49. The second-order valence-electron chi connectivity index (χ2n) is 15.9. The van der Waals surface area contributed by atoms with Gasteiger partial charge in [-0.15, -0.1) is 0 Å². The number of nitrogens with two attached hydrogens (primary N) is 1. The van der Waals surface area contributed by atoms with Crippen molar-refractivity contribution in [3.05, 3.63) is 0 Å². The Bertz CT molecular complexity index is 1090. The Balaban J connectivity index is 1.60. The van der Waals surface area contributed by atoms with Crippen molar-refractivity contribution in [2.75, 3.05) is 32.7 Å². The Morgan fingerprint density at radius 3 is 2.19 bits per heavy atom. The number of hydrogen-bond acceptors (Lipinski definition) is 9. The van der Waals surface area contributed by atoms with Gasteiger partial charge < -0.3 is 26.4 Å². The number of aliphatic hydroxyl groups is 1. The molecule has 47 heavy (non-hydrogen) atoms. The van der Waals surface area contributed by atoms with Gasteiger partial charge in [0, 0.05) is 25.7 Å². The predicted octanol–water partition coefficient (Wildman–Crippen LogP) is 1.03. The lowest BCUT2D eigenvalue weighted by Crippen LogP contribution is -2.63. The van der Waals surface area contributed by atoms with E-state index in [0.717, 1.165) is 13.0 Å². The molecule has 14 heteroatoms. The lowest BCUT2D eigenvalue weighted by atomic mass is 9.85. The predicted molar refractivity (Wildman–Crippen MR) is 181 cm³/mol. The standard InChI is InChI=1S/C33H59N7O6S/c1-32(2,3)25(19-35-16-18-39(47-46)20-22-14-15-22)37-31(45)38-27(33(4,5)6)30(44)40-17-8-11-24(40)29(43)36-23(26(41)28(34)42)10-7-9-21-12-13-21/h21-25,27,31,35,37-38,45H,7-20H2,1-6H3,(H2-,34,36,42,43)/p+1/t23?,24-,25+,27+,31?/m0/s1. The number of nitrogens with zero attached hydrogens (tertiary/aromatic N) is 2. The fraction of sp³-hybridized carbons (Fsp3) is 0.879. The molecule has 1 saturated heterocycles. The minimum absolute atomic E-state index is 0.178. The number of nitrogens with one attached hydrogen (secondary N) is 4. The van der Waals surface area contributed by atoms with Crippen molar-refractivity contribution in [2.24, 2.45) is 28.4 Å². The summed E-state index contributed by atoms with van der Waals surface area (Å²) in [6, 6.07) is -2.83. The third-order valence-corrected chi connectivity index (χ3v) is 10.1. The Morgan fingerprint density at radius 2 is 1.64 bits per heavy atom. The molecule has 5 atom stereocenters. The molecule has 1 aliphatic heterocycles. The van der Waals surface area contributed by atoms with Crippen LogP contribution in [0.5, 0.6) is 0 Å². The maximum Gasteiger partial charge on any atom is 0.590 e. The summed E-state index contributed by atoms with van der Waals surface area (Å²) in [7, 11) is 0. The molecule has 0 aromatic rings. The summed E-state index contributed by atoms with van der Waals surface area (Å²) in [5.74, 6) is -1.42. The van der Waals surface area contributed by atoms with Crippen molar-refractivity contribution in [1.29, 1.82) is 0 Å². The van der Waals surface area contributed by atoms with Crippen LogP contribution in [0, 0.1) is 22.7 Å². The molecule has 3 aliphatic rings. The van der Waals surface area contributed by atoms with Crippen molar-refractivity contribution in [2.45, 2.75) is 130 Å². The van der Waals surface area contributed by atoms with Crippen LogP contribution in [-0.2, 0) is 35.2 Å². The molecule has 0 aromatic carbocycles. The number of hydrogen-bond donors (Lipinski definition) is 6. The summed E-state index contributed by atoms with van der Waals surface area (Å²) in [6.45, 7) is 14.9. The minimum atomic E-state index is -1.23. The number of Topliss-reactive ketones (excluding diaryl/α,β-unsaturated/α-hetero) is 1. The molecule has 0 spiro atoms. The van der Waals surface area contributed by atoms with E-state index in [-0.39, 0.29) is 17.4 Å². The molecule has 7 N–H and O–H groups in total. The van der Waals surface area contributed by atoms with Crippen LogP contribution < -0.4 is 27.0 Å². The molecular formula is C33H60N7O6S+. The third-order valence-electron chi connectivity index (χ3n) is 9.51. The van der Waals surface area contributed by atoms with E-state index in [1.165, 1.54) is 30.6 Å². The molecule has 2 unspecified atom stereocenters. The van der Waals surface area contributed by atoms with Gasteiger partial charge in [-0.2, -0.15) is 0 Å². The first-order valence-corrected chi connectivity index (χ1v) is 18.1. The van der Waals surface area contributed by atoms with E-state index in [0.29, 0.717) is 75.6 Å². The van der Waals surface area contributed by atoms with E-state index in [1.54, 1.807) is 0 Å². The number of carbonyl (C=O) groups is 4. The number of primary amides is 1. The number of carbonyl (C=O) groups excluding carboxylic acids is 4. The second-order valence-corrected chi connectivity index (χ2v) is 16.6. The topological polar surface area (TPSA) is 186 Å². The molecule has 0 radical (unpaired) electrons. The molecule has 2 aliphatic carbocycles. The monoisotopic (exact) mass is 682 g/mol. The first-order valence-electron chi connectivity index (χ1n) is 17.4. The zero-order valence-electron chi connectivity index (χ0n) is 29.3. The Morgan fingerprint density at radius 1 is 0.979 bits per heavy atom. The van der Waals surface area contributed by atoms with Gasteiger partial charge in [0.25, 0.3) is 5.91 Å². The van der Waals surface area contributed by atoms with Gasteiger partial charge in [-0.3, -0.25) is 29.8 Å². The summed E-state index contributed by atoms with van der Waals surface area (Å²) < 4.78 is 13.3. The van der Waals surface area contributed by atoms with E-state index in [2.05, 4.69) is 42.0 Å². The Hall–Kier alpha value is -2.10. The Kier molecular flexibility index (Phi) is 14.7. The Labute approximate surface area is 284 Å². The van der Waals surface area contributed by atoms with E-state index >= 15 is 0 Å². The first kappa shape index (κ1) is 39.3. The van der Waals surface area contributed by atoms with E-state index in [9.17, 15) is 28.5 Å². The number of amides is 3. The van der Waals surface area contributed by atoms with Crippen LogP contribution >= 0.6 is 0 Å². The lowest BCUT2D eigenvalue weighted by Gasteiger charge is -2.39. The normalized spacial score (nSPS) is 21.3. The van der Waals surface area contributed by atoms with Gasteiger partial charge >= 0.3 is 11.9 Å². The van der Waals surface area contributed by atoms with Crippen LogP contribution in [0.15, 0.2) is 0 Å². The molecule has 0 aromatic heterocycles. The number of likely N-dealkylation sites (tertiary alicyclic amines) is 1. The van der Waals surface area contributed by atoms with Gasteiger partial charge in [0.1, 0.15) is 6.04 Å². The van der Waals surface area contributed by atoms with Gasteiger partial charge in [0.2, 0.25) is 17.6 Å². The molecule has 3 fully saturated rings. The van der Waals surface area contributed by atoms with Crippen LogP contribution in [0.25, 0.3) is 0 Å². The van der Waals surface area contributed by atoms with Gasteiger partial charge in [-0.25, -0.2) is 0 Å². The molecule has 3 rings (SSSR count). The summed E-state index contributed by atoms with van der Waals surface area (Å²) >= 11 is 0.531. The maximum absolute atomic E-state index is 14.0. The summed E-state index contributed by atoms with van der Waals surface area (Å²) in [5.41, 5.74) is 4.43. The first-order chi connectivity index (χ1) is 22.0. The second kappa shape index (κ2) is 17.5. The van der Waals surface area contributed by atoms with Gasteiger partial charge in [-0.1, -0.05) is 67.2 Å². The highest BCUT2D eigenvalue weighted by Crippen LogP contribution is 2.34. The van der Waals surface area contributed by atoms with Crippen molar-refractivity contribution in [3.63, 3.8) is 0 Å². The van der Waals surface area contributed by atoms with Gasteiger partial charge in [-0.05, 0) is 59.1 Å². The lowest BCUT2D eigenvalue weighted by molar-refractivity contribution is -0.144. The average Bonchev–Trinajstić information content (AvgIpc) is 3.93. The van der Waals surface area contributed by atoms with Crippen LogP contribution in [0.3, 0.4) is 0 Å². The largest absolute Gasteiger partial charge is 0.590 e. The maximum atomic E-state index is 14.0. The van der Waals surface area contributed by atoms with Crippen molar-refractivity contribution < 1.29 is 28.5 Å². The smallest absolute Gasteiger partial charge is 0.365 e. The highest BCUT2D eigenvalue weighted by molar-refractivity contribution is 7.62. The molecule has 2 saturated carbocycles. The number of aliphatic hydroxyl groups excluding tert-OH is 1. The molecule has 1 heterocycles. The highest BCUT2D eigenvalue weighted by Gasteiger charge is 2.43. The molecule has 13 nitrogen and oxygen atoms in total. The minimum Gasteiger partial charge on any atom is -0.365 e. The molecule has 0 bridgehead atoms. The molecular weight excluding hydrogens is 622 g/mol. The number of rotatable bonds is 21. The van der Waals surface area contributed by atoms with Gasteiger partial charge in [0.05, 0.1) is 29.4 Å². The van der Waals surface area contributed by atoms with Crippen molar-refractivity contribution in [3.8, 4) is 0 Å². The molecule has 268 valence electrons. The number of ketones is 1. The van der Waals surface area contributed by atoms with Crippen LogP contribution in [0.2, 0.25) is 0 Å².